The summed E-state index contributed by atoms with van der Waals surface area (Å²) in [5.74, 6) is 0.165. The van der Waals surface area contributed by atoms with E-state index in [9.17, 15) is 9.59 Å². The molecule has 5 nitrogen and oxygen atoms in total. The lowest BCUT2D eigenvalue weighted by molar-refractivity contribution is -0.125. The molecule has 15 heavy (non-hydrogen) atoms. The molecule has 1 aliphatic heterocycles. The maximum atomic E-state index is 11.5. The number of hydrogen-bond donors (Lipinski definition) is 1. The number of nitrogens with zero attached hydrogens (tertiary/aromatic N) is 2. The van der Waals surface area contributed by atoms with Crippen LogP contribution in [-0.2, 0) is 4.79 Å². The molecule has 86 valence electrons. The predicted octanol–water partition coefficient (Wildman–Crippen LogP) is 0.254. The van der Waals surface area contributed by atoms with E-state index in [1.807, 2.05) is 13.8 Å². The first-order valence-electron chi connectivity index (χ1n) is 5.28. The van der Waals surface area contributed by atoms with Gasteiger partial charge in [0.1, 0.15) is 6.54 Å². The Morgan fingerprint density at radius 2 is 2.07 bits per heavy atom. The van der Waals surface area contributed by atoms with Crippen molar-refractivity contribution in [2.75, 3.05) is 20.1 Å². The SMILES string of the molecule is CCC(C)C(N)CN1C(=O)CN(C)C1=O. The highest BCUT2D eigenvalue weighted by atomic mass is 16.2. The van der Waals surface area contributed by atoms with Gasteiger partial charge >= 0.3 is 6.03 Å². The molecule has 0 radical (unpaired) electrons. The molecule has 1 aliphatic rings. The van der Waals surface area contributed by atoms with Crippen molar-refractivity contribution in [1.82, 2.24) is 9.80 Å². The van der Waals surface area contributed by atoms with Crippen LogP contribution in [0.2, 0.25) is 0 Å². The van der Waals surface area contributed by atoms with Crippen LogP contribution in [0.5, 0.6) is 0 Å². The van der Waals surface area contributed by atoms with Gasteiger partial charge in [0.15, 0.2) is 0 Å². The molecule has 3 amide bonds. The number of hydrogen-bond acceptors (Lipinski definition) is 3. The summed E-state index contributed by atoms with van der Waals surface area (Å²) < 4.78 is 0. The summed E-state index contributed by atoms with van der Waals surface area (Å²) >= 11 is 0. The van der Waals surface area contributed by atoms with Crippen molar-refractivity contribution < 1.29 is 9.59 Å². The fourth-order valence-electron chi connectivity index (χ4n) is 1.54. The smallest absolute Gasteiger partial charge is 0.326 e. The van der Waals surface area contributed by atoms with Gasteiger partial charge in [-0.25, -0.2) is 4.79 Å². The number of imide groups is 1. The van der Waals surface area contributed by atoms with Crippen molar-refractivity contribution >= 4 is 11.9 Å². The molecule has 0 bridgehead atoms. The molecule has 1 rings (SSSR count). The zero-order valence-corrected chi connectivity index (χ0v) is 9.56. The second-order valence-electron chi connectivity index (χ2n) is 4.19. The quantitative estimate of drug-likeness (QED) is 0.681. The standard InChI is InChI=1S/C10H19N3O2/c1-4-7(2)8(11)5-13-9(14)6-12(3)10(13)15/h7-8H,4-6,11H2,1-3H3. The number of likely N-dealkylation sites (N-methyl/N-ethyl adjacent to an activating group) is 1. The fourth-order valence-corrected chi connectivity index (χ4v) is 1.54. The molecule has 0 aromatic carbocycles. The lowest BCUT2D eigenvalue weighted by atomic mass is 10.00. The van der Waals surface area contributed by atoms with Gasteiger partial charge < -0.3 is 10.6 Å². The summed E-state index contributed by atoms with van der Waals surface area (Å²) in [7, 11) is 1.62. The zero-order valence-electron chi connectivity index (χ0n) is 9.56. The van der Waals surface area contributed by atoms with Crippen molar-refractivity contribution in [2.45, 2.75) is 26.3 Å². The largest absolute Gasteiger partial charge is 0.327 e. The van der Waals surface area contributed by atoms with Gasteiger partial charge in [-0.15, -0.1) is 0 Å². The first-order valence-corrected chi connectivity index (χ1v) is 5.28. The Morgan fingerprint density at radius 1 is 1.47 bits per heavy atom. The van der Waals surface area contributed by atoms with E-state index >= 15 is 0 Å². The average molecular weight is 213 g/mol. The van der Waals surface area contributed by atoms with E-state index in [4.69, 9.17) is 5.73 Å². The summed E-state index contributed by atoms with van der Waals surface area (Å²) in [4.78, 5) is 25.6. The molecule has 0 spiro atoms. The van der Waals surface area contributed by atoms with E-state index in [-0.39, 0.29) is 24.5 Å². The minimum atomic E-state index is -0.237. The minimum absolute atomic E-state index is 0.130. The number of nitrogens with two attached hydrogens (primary N) is 1. The Balaban J connectivity index is 2.58. The van der Waals surface area contributed by atoms with Crippen molar-refractivity contribution in [1.29, 1.82) is 0 Å². The van der Waals surface area contributed by atoms with Crippen LogP contribution >= 0.6 is 0 Å². The number of urea groups is 1. The van der Waals surface area contributed by atoms with Crippen LogP contribution in [0.1, 0.15) is 20.3 Å². The van der Waals surface area contributed by atoms with E-state index in [1.54, 1.807) is 7.05 Å². The van der Waals surface area contributed by atoms with E-state index in [2.05, 4.69) is 0 Å². The normalized spacial score (nSPS) is 21.1. The Bertz CT molecular complexity index is 267. The van der Waals surface area contributed by atoms with Gasteiger partial charge in [0.2, 0.25) is 5.91 Å². The molecule has 5 heteroatoms. The fraction of sp³-hybridized carbons (Fsp3) is 0.800. The van der Waals surface area contributed by atoms with Crippen LogP contribution in [0, 0.1) is 5.92 Å². The Morgan fingerprint density at radius 3 is 2.47 bits per heavy atom. The lowest BCUT2D eigenvalue weighted by Gasteiger charge is -2.23. The molecule has 0 aliphatic carbocycles. The van der Waals surface area contributed by atoms with Crippen molar-refractivity contribution in [3.63, 3.8) is 0 Å². The maximum Gasteiger partial charge on any atom is 0.327 e. The topological polar surface area (TPSA) is 66.6 Å². The number of amides is 3. The van der Waals surface area contributed by atoms with E-state index in [0.29, 0.717) is 12.5 Å². The highest BCUT2D eigenvalue weighted by Crippen LogP contribution is 2.12. The molecule has 0 saturated carbocycles. The summed E-state index contributed by atoms with van der Waals surface area (Å²) in [6.07, 6.45) is 0.952. The molecule has 0 aromatic heterocycles. The van der Waals surface area contributed by atoms with Crippen LogP contribution in [0.15, 0.2) is 0 Å². The monoisotopic (exact) mass is 213 g/mol. The number of carbonyl (C=O) groups excluding carboxylic acids is 2. The molecule has 2 atom stereocenters. The second-order valence-corrected chi connectivity index (χ2v) is 4.19. The highest BCUT2D eigenvalue weighted by molar-refractivity contribution is 6.01. The number of rotatable bonds is 4. The molecule has 2 N–H and O–H groups in total. The molecular formula is C10H19N3O2. The predicted molar refractivity (Wildman–Crippen MR) is 57.2 cm³/mol. The van der Waals surface area contributed by atoms with Gasteiger partial charge in [0.05, 0.1) is 0 Å². The lowest BCUT2D eigenvalue weighted by Crippen LogP contribution is -2.44. The Kier molecular flexibility index (Phi) is 3.68. The van der Waals surface area contributed by atoms with Gasteiger partial charge in [0, 0.05) is 19.6 Å². The molecule has 1 fully saturated rings. The third kappa shape index (κ3) is 2.47. The Labute approximate surface area is 90.2 Å². The van der Waals surface area contributed by atoms with Gasteiger partial charge in [-0.05, 0) is 5.92 Å². The zero-order chi connectivity index (χ0) is 11.6. The van der Waals surface area contributed by atoms with Crippen LogP contribution < -0.4 is 5.73 Å². The number of carbonyl (C=O) groups is 2. The van der Waals surface area contributed by atoms with Crippen LogP contribution in [0.4, 0.5) is 4.79 Å². The molecule has 1 saturated heterocycles. The first kappa shape index (κ1) is 12.0. The van der Waals surface area contributed by atoms with Gasteiger partial charge in [-0.3, -0.25) is 9.69 Å². The van der Waals surface area contributed by atoms with Crippen molar-refractivity contribution in [3.05, 3.63) is 0 Å². The molecular weight excluding hydrogens is 194 g/mol. The third-order valence-electron chi connectivity index (χ3n) is 3.00. The summed E-state index contributed by atoms with van der Waals surface area (Å²) in [6, 6.07) is -0.367. The maximum absolute atomic E-state index is 11.5. The summed E-state index contributed by atoms with van der Waals surface area (Å²) in [6.45, 7) is 4.58. The summed E-state index contributed by atoms with van der Waals surface area (Å²) in [5, 5.41) is 0. The summed E-state index contributed by atoms with van der Waals surface area (Å²) in [5.41, 5.74) is 5.91. The van der Waals surface area contributed by atoms with Gasteiger partial charge in [-0.1, -0.05) is 20.3 Å². The van der Waals surface area contributed by atoms with Crippen molar-refractivity contribution in [2.24, 2.45) is 11.7 Å². The van der Waals surface area contributed by atoms with E-state index < -0.39 is 0 Å². The van der Waals surface area contributed by atoms with Crippen LogP contribution in [0.3, 0.4) is 0 Å². The Hall–Kier alpha value is -1.10. The van der Waals surface area contributed by atoms with Gasteiger partial charge in [-0.2, -0.15) is 0 Å². The van der Waals surface area contributed by atoms with Crippen LogP contribution in [-0.4, -0.2) is 47.9 Å². The average Bonchev–Trinajstić information content (AvgIpc) is 2.43. The van der Waals surface area contributed by atoms with Crippen molar-refractivity contribution in [3.8, 4) is 0 Å². The first-order chi connectivity index (χ1) is 6.97. The highest BCUT2D eigenvalue weighted by Gasteiger charge is 2.34. The third-order valence-corrected chi connectivity index (χ3v) is 3.00. The molecule has 2 unspecified atom stereocenters. The second kappa shape index (κ2) is 4.61. The van der Waals surface area contributed by atoms with Gasteiger partial charge in [0.25, 0.3) is 0 Å². The van der Waals surface area contributed by atoms with E-state index in [0.717, 1.165) is 6.42 Å². The minimum Gasteiger partial charge on any atom is -0.326 e. The van der Waals surface area contributed by atoms with E-state index in [1.165, 1.54) is 9.80 Å². The molecule has 0 aromatic rings. The molecule has 1 heterocycles. The van der Waals surface area contributed by atoms with Crippen LogP contribution in [0.25, 0.3) is 0 Å².